The van der Waals surface area contributed by atoms with Gasteiger partial charge in [0.05, 0.1) is 22.9 Å². The van der Waals surface area contributed by atoms with Crippen LogP contribution in [0.2, 0.25) is 0 Å². The van der Waals surface area contributed by atoms with Gasteiger partial charge in [-0.15, -0.1) is 22.7 Å². The molecule has 2 atom stereocenters. The Balaban J connectivity index is 0.000000189. The molecule has 5 aromatic rings. The number of thiazole rings is 1. The van der Waals surface area contributed by atoms with E-state index in [1.165, 1.54) is 31.3 Å². The van der Waals surface area contributed by atoms with Gasteiger partial charge in [-0.3, -0.25) is 9.69 Å². The fourth-order valence-corrected chi connectivity index (χ4v) is 8.56. The van der Waals surface area contributed by atoms with Gasteiger partial charge in [0.25, 0.3) is 5.91 Å². The number of likely N-dealkylation sites (tertiary alicyclic amines) is 1. The summed E-state index contributed by atoms with van der Waals surface area (Å²) in [6.07, 6.45) is 1.76. The molecule has 18 heteroatoms. The van der Waals surface area contributed by atoms with Crippen molar-refractivity contribution in [3.8, 4) is 23.2 Å². The number of carbonyl (C=O) groups is 1. The number of alkyl halides is 4. The Labute approximate surface area is 314 Å². The number of ether oxygens (including phenoxy) is 1. The van der Waals surface area contributed by atoms with Crippen LogP contribution in [-0.2, 0) is 6.18 Å². The molecule has 0 spiro atoms. The van der Waals surface area contributed by atoms with Crippen molar-refractivity contribution in [3.05, 3.63) is 57.5 Å². The Bertz CT molecular complexity index is 2170. The van der Waals surface area contributed by atoms with Gasteiger partial charge in [0.15, 0.2) is 10.8 Å². The van der Waals surface area contributed by atoms with Gasteiger partial charge in [0, 0.05) is 60.1 Å². The van der Waals surface area contributed by atoms with Gasteiger partial charge in [0.1, 0.15) is 34.4 Å². The lowest BCUT2D eigenvalue weighted by molar-refractivity contribution is -0.137. The second-order valence-corrected chi connectivity index (χ2v) is 14.8. The van der Waals surface area contributed by atoms with E-state index in [0.29, 0.717) is 28.9 Å². The quantitative estimate of drug-likeness (QED) is 0.169. The molecule has 2 unspecified atom stereocenters. The lowest BCUT2D eigenvalue weighted by Crippen LogP contribution is -2.27. The summed E-state index contributed by atoms with van der Waals surface area (Å²) in [7, 11) is 1.23. The van der Waals surface area contributed by atoms with Crippen LogP contribution in [-0.4, -0.2) is 82.7 Å². The van der Waals surface area contributed by atoms with Crippen molar-refractivity contribution < 1.29 is 35.9 Å². The molecule has 10 nitrogen and oxygen atoms in total. The Kier molecular flexibility index (Phi) is 11.8. The zero-order valence-corrected chi connectivity index (χ0v) is 30.9. The first-order chi connectivity index (χ1) is 25.9. The maximum Gasteiger partial charge on any atom is 0.417 e. The highest BCUT2D eigenvalue weighted by atomic mass is 32.1. The number of methoxy groups -OCH3 is 1. The fraction of sp³-hybridized carbons (Fsp3) is 0.417. The van der Waals surface area contributed by atoms with Gasteiger partial charge in [-0.25, -0.2) is 18.2 Å². The SMILES string of the molecule is CCNc1nc(OC)nc2c(F)c(-c3ccc(F)c4sc(N)c(C#N)c34)c(C(F)(F)F)cc12.FC1CC2CCCN2C1.O=C(c1nccs1)N1CCCC1. The first-order valence-electron chi connectivity index (χ1n) is 17.2. The van der Waals surface area contributed by atoms with Gasteiger partial charge < -0.3 is 20.7 Å². The van der Waals surface area contributed by atoms with Gasteiger partial charge in [-0.05, 0) is 63.3 Å². The molecule has 54 heavy (non-hydrogen) atoms. The zero-order chi connectivity index (χ0) is 38.7. The van der Waals surface area contributed by atoms with Crippen molar-refractivity contribution in [2.24, 2.45) is 0 Å². The first kappa shape index (κ1) is 39.0. The standard InChI is InChI=1S/C21H14F5N5OS.C8H10N2OS.C7H12FN/c1-3-29-19-9-6-11(21(24,25)26)14(15(23)16(9)30-20(31-19)32-2)8-4-5-12(22)17-13(8)10(7-27)18(28)33-17;11-8(7-9-3-6-12-7)10-4-1-2-5-10;8-6-4-7-2-1-3-9(7)5-6/h4-6H,3,28H2,1-2H3,(H,29,30,31);3,6H,1-2,4-5H2;6-7H,1-5H2. The molecule has 2 aromatic carbocycles. The summed E-state index contributed by atoms with van der Waals surface area (Å²) >= 11 is 2.11. The summed E-state index contributed by atoms with van der Waals surface area (Å²) in [6.45, 7) is 5.64. The summed E-state index contributed by atoms with van der Waals surface area (Å²) in [5.74, 6) is -2.05. The van der Waals surface area contributed by atoms with E-state index in [9.17, 15) is 32.0 Å². The number of anilines is 2. The predicted molar refractivity (Wildman–Crippen MR) is 196 cm³/mol. The van der Waals surface area contributed by atoms with E-state index >= 15 is 4.39 Å². The number of nitrogens with one attached hydrogen (secondary N) is 1. The van der Waals surface area contributed by atoms with Gasteiger partial charge in [-0.1, -0.05) is 6.07 Å². The second kappa shape index (κ2) is 16.3. The smallest absolute Gasteiger partial charge is 0.417 e. The second-order valence-electron chi connectivity index (χ2n) is 12.8. The number of halogens is 6. The molecule has 286 valence electrons. The number of nitrogens with two attached hydrogens (primary N) is 1. The summed E-state index contributed by atoms with van der Waals surface area (Å²) in [5.41, 5.74) is 2.59. The van der Waals surface area contributed by atoms with Crippen LogP contribution in [0.3, 0.4) is 0 Å². The molecule has 1 amide bonds. The van der Waals surface area contributed by atoms with Crippen LogP contribution in [0.15, 0.2) is 29.8 Å². The molecular weight excluding hydrogens is 755 g/mol. The topological polar surface area (TPSA) is 133 Å². The average molecular weight is 791 g/mol. The highest BCUT2D eigenvalue weighted by Crippen LogP contribution is 2.47. The molecule has 3 saturated heterocycles. The van der Waals surface area contributed by atoms with Crippen molar-refractivity contribution in [1.82, 2.24) is 24.8 Å². The summed E-state index contributed by atoms with van der Waals surface area (Å²) in [4.78, 5) is 27.6. The number of nitriles is 1. The van der Waals surface area contributed by atoms with Crippen molar-refractivity contribution in [2.75, 3.05) is 50.9 Å². The number of aromatic nitrogens is 3. The van der Waals surface area contributed by atoms with Crippen molar-refractivity contribution in [1.29, 1.82) is 5.26 Å². The summed E-state index contributed by atoms with van der Waals surface area (Å²) < 4.78 is 90.2. The molecule has 3 N–H and O–H groups in total. The molecular formula is C36H36F6N8O2S2. The lowest BCUT2D eigenvalue weighted by Gasteiger charge is -2.18. The zero-order valence-electron chi connectivity index (χ0n) is 29.3. The molecule has 3 aromatic heterocycles. The molecule has 3 aliphatic rings. The van der Waals surface area contributed by atoms with Crippen LogP contribution in [0.4, 0.5) is 37.2 Å². The number of amides is 1. The van der Waals surface area contributed by atoms with E-state index in [1.807, 2.05) is 10.3 Å². The van der Waals surface area contributed by atoms with Crippen LogP contribution in [0, 0.1) is 23.0 Å². The third kappa shape index (κ3) is 7.89. The number of hydrogen-bond acceptors (Lipinski definition) is 11. The minimum atomic E-state index is -5.00. The number of nitrogen functional groups attached to an aromatic ring is 1. The van der Waals surface area contributed by atoms with Crippen LogP contribution in [0.5, 0.6) is 6.01 Å². The number of rotatable bonds is 5. The Morgan fingerprint density at radius 3 is 2.56 bits per heavy atom. The molecule has 3 fully saturated rings. The minimum absolute atomic E-state index is 0.0444. The molecule has 8 rings (SSSR count). The van der Waals surface area contributed by atoms with Gasteiger partial charge >= 0.3 is 12.2 Å². The Morgan fingerprint density at radius 1 is 1.17 bits per heavy atom. The maximum atomic E-state index is 15.9. The van der Waals surface area contributed by atoms with Crippen molar-refractivity contribution in [2.45, 2.75) is 57.4 Å². The van der Waals surface area contributed by atoms with E-state index in [2.05, 4.69) is 25.2 Å². The normalized spacial score (nSPS) is 18.2. The Hall–Kier alpha value is -4.73. The number of hydrogen-bond donors (Lipinski definition) is 2. The van der Waals surface area contributed by atoms with E-state index in [1.54, 1.807) is 19.2 Å². The first-order valence-corrected chi connectivity index (χ1v) is 18.9. The van der Waals surface area contributed by atoms with E-state index < -0.39 is 40.6 Å². The van der Waals surface area contributed by atoms with E-state index in [4.69, 9.17) is 10.5 Å². The fourth-order valence-electron chi connectivity index (χ4n) is 7.01. The van der Waals surface area contributed by atoms with E-state index in [0.717, 1.165) is 57.1 Å². The molecule has 3 aliphatic heterocycles. The third-order valence-electron chi connectivity index (χ3n) is 9.41. The molecule has 0 bridgehead atoms. The van der Waals surface area contributed by atoms with Crippen LogP contribution in [0.1, 0.15) is 60.0 Å². The highest BCUT2D eigenvalue weighted by molar-refractivity contribution is 7.23. The molecule has 0 radical (unpaired) electrons. The number of fused-ring (bicyclic) bond motifs is 3. The van der Waals surface area contributed by atoms with Gasteiger partial charge in [-0.2, -0.15) is 28.4 Å². The molecule has 6 heterocycles. The lowest BCUT2D eigenvalue weighted by atomic mass is 9.92. The summed E-state index contributed by atoms with van der Waals surface area (Å²) in [5, 5.41) is 14.2. The van der Waals surface area contributed by atoms with Crippen LogP contribution < -0.4 is 15.8 Å². The van der Waals surface area contributed by atoms with Crippen molar-refractivity contribution in [3.63, 3.8) is 0 Å². The molecule has 0 aliphatic carbocycles. The number of benzene rings is 2. The maximum absolute atomic E-state index is 15.9. The minimum Gasteiger partial charge on any atom is -0.467 e. The predicted octanol–water partition coefficient (Wildman–Crippen LogP) is 8.27. The van der Waals surface area contributed by atoms with Crippen LogP contribution in [0.25, 0.3) is 32.1 Å². The third-order valence-corrected chi connectivity index (χ3v) is 11.2. The average Bonchev–Trinajstić information content (AvgIpc) is 3.99. The highest BCUT2D eigenvalue weighted by Gasteiger charge is 2.38. The Morgan fingerprint density at radius 2 is 1.93 bits per heavy atom. The van der Waals surface area contributed by atoms with Crippen LogP contribution >= 0.6 is 22.7 Å². The summed E-state index contributed by atoms with van der Waals surface area (Å²) in [6, 6.07) is 4.75. The molecule has 0 saturated carbocycles. The number of thiophene rings is 1. The largest absolute Gasteiger partial charge is 0.467 e. The monoisotopic (exact) mass is 790 g/mol. The number of nitrogens with zero attached hydrogens (tertiary/aromatic N) is 6. The van der Waals surface area contributed by atoms with Gasteiger partial charge in [0.2, 0.25) is 0 Å². The van der Waals surface area contributed by atoms with Crippen molar-refractivity contribution >= 4 is 60.4 Å². The van der Waals surface area contributed by atoms with E-state index in [-0.39, 0.29) is 55.9 Å². The number of carbonyl (C=O) groups excluding carboxylic acids is 1.